The summed E-state index contributed by atoms with van der Waals surface area (Å²) in [6.07, 6.45) is -0.553. The Hall–Kier alpha value is -2.49. The minimum absolute atomic E-state index is 0.135. The Morgan fingerprint density at radius 1 is 1.04 bits per heavy atom. The van der Waals surface area contributed by atoms with Crippen molar-refractivity contribution in [2.24, 2.45) is 0 Å². The van der Waals surface area contributed by atoms with Gasteiger partial charge in [-0.1, -0.05) is 44.2 Å². The Morgan fingerprint density at radius 3 is 2.33 bits per heavy atom. The predicted molar refractivity (Wildman–Crippen MR) is 95.5 cm³/mol. The molecular formula is C20H25NO3. The standard InChI is InChI=1S/C20H25NO3/c1-14(2)18-7-5-6-8-19(18)24-15(3)20(22)21-13-16-9-11-17(23-4)12-10-16/h5-12,14-15H,13H2,1-4H3,(H,21,22)/t15-/m1/s1. The second kappa shape index (κ2) is 8.39. The SMILES string of the molecule is COc1ccc(CNC(=O)[C@@H](C)Oc2ccccc2C(C)C)cc1. The Labute approximate surface area is 143 Å². The van der Waals surface area contributed by atoms with E-state index in [1.165, 1.54) is 0 Å². The second-order valence-corrected chi connectivity index (χ2v) is 6.02. The van der Waals surface area contributed by atoms with Crippen molar-refractivity contribution in [3.05, 3.63) is 59.7 Å². The number of carbonyl (C=O) groups excluding carboxylic acids is 1. The molecule has 2 aromatic carbocycles. The molecule has 0 aliphatic rings. The van der Waals surface area contributed by atoms with Gasteiger partial charge in [0.1, 0.15) is 11.5 Å². The molecule has 0 aliphatic heterocycles. The fourth-order valence-corrected chi connectivity index (χ4v) is 2.39. The van der Waals surface area contributed by atoms with Crippen LogP contribution < -0.4 is 14.8 Å². The van der Waals surface area contributed by atoms with Crippen LogP contribution in [0.15, 0.2) is 48.5 Å². The smallest absolute Gasteiger partial charge is 0.261 e. The van der Waals surface area contributed by atoms with E-state index in [1.807, 2.05) is 48.5 Å². The van der Waals surface area contributed by atoms with E-state index in [0.29, 0.717) is 12.5 Å². The molecule has 0 unspecified atom stereocenters. The van der Waals surface area contributed by atoms with E-state index in [1.54, 1.807) is 14.0 Å². The van der Waals surface area contributed by atoms with Gasteiger partial charge in [-0.3, -0.25) is 4.79 Å². The van der Waals surface area contributed by atoms with E-state index in [9.17, 15) is 4.79 Å². The molecule has 0 fully saturated rings. The minimum atomic E-state index is -0.553. The first-order valence-electron chi connectivity index (χ1n) is 8.17. The first kappa shape index (κ1) is 17.9. The summed E-state index contributed by atoms with van der Waals surface area (Å²) in [6.45, 7) is 6.44. The largest absolute Gasteiger partial charge is 0.497 e. The van der Waals surface area contributed by atoms with Crippen molar-refractivity contribution in [1.29, 1.82) is 0 Å². The van der Waals surface area contributed by atoms with Gasteiger partial charge in [-0.25, -0.2) is 0 Å². The summed E-state index contributed by atoms with van der Waals surface area (Å²) in [4.78, 5) is 12.3. The third-order valence-electron chi connectivity index (χ3n) is 3.84. The van der Waals surface area contributed by atoms with Gasteiger partial charge in [0.25, 0.3) is 5.91 Å². The van der Waals surface area contributed by atoms with Crippen LogP contribution in [0.2, 0.25) is 0 Å². The number of benzene rings is 2. The van der Waals surface area contributed by atoms with Gasteiger partial charge >= 0.3 is 0 Å². The summed E-state index contributed by atoms with van der Waals surface area (Å²) in [7, 11) is 1.63. The number of nitrogens with one attached hydrogen (secondary N) is 1. The molecule has 0 spiro atoms. The van der Waals surface area contributed by atoms with Crippen molar-refractivity contribution in [3.8, 4) is 11.5 Å². The summed E-state index contributed by atoms with van der Waals surface area (Å²) in [5.74, 6) is 1.77. The monoisotopic (exact) mass is 327 g/mol. The maximum absolute atomic E-state index is 12.3. The lowest BCUT2D eigenvalue weighted by Crippen LogP contribution is -2.36. The highest BCUT2D eigenvalue weighted by Gasteiger charge is 2.16. The molecule has 0 heterocycles. The van der Waals surface area contributed by atoms with Crippen LogP contribution in [0.5, 0.6) is 11.5 Å². The van der Waals surface area contributed by atoms with E-state index >= 15 is 0 Å². The maximum Gasteiger partial charge on any atom is 0.261 e. The Morgan fingerprint density at radius 2 is 1.71 bits per heavy atom. The van der Waals surface area contributed by atoms with Gasteiger partial charge in [-0.15, -0.1) is 0 Å². The summed E-state index contributed by atoms with van der Waals surface area (Å²) in [6, 6.07) is 15.4. The Bertz CT molecular complexity index is 665. The van der Waals surface area contributed by atoms with Crippen LogP contribution in [0.4, 0.5) is 0 Å². The highest BCUT2D eigenvalue weighted by Crippen LogP contribution is 2.26. The number of hydrogen-bond donors (Lipinski definition) is 1. The van der Waals surface area contributed by atoms with Gasteiger partial charge in [0.15, 0.2) is 6.10 Å². The fourth-order valence-electron chi connectivity index (χ4n) is 2.39. The number of ether oxygens (including phenoxy) is 2. The molecule has 128 valence electrons. The molecule has 2 rings (SSSR count). The lowest BCUT2D eigenvalue weighted by molar-refractivity contribution is -0.127. The van der Waals surface area contributed by atoms with Crippen LogP contribution in [-0.2, 0) is 11.3 Å². The van der Waals surface area contributed by atoms with Crippen LogP contribution in [0.3, 0.4) is 0 Å². The number of hydrogen-bond acceptors (Lipinski definition) is 3. The zero-order chi connectivity index (χ0) is 17.5. The van der Waals surface area contributed by atoms with Gasteiger partial charge in [-0.2, -0.15) is 0 Å². The van der Waals surface area contributed by atoms with Crippen molar-refractivity contribution in [2.75, 3.05) is 7.11 Å². The van der Waals surface area contributed by atoms with Crippen LogP contribution in [0.25, 0.3) is 0 Å². The molecular weight excluding hydrogens is 302 g/mol. The van der Waals surface area contributed by atoms with Crippen LogP contribution in [-0.4, -0.2) is 19.1 Å². The summed E-state index contributed by atoms with van der Waals surface area (Å²) in [5.41, 5.74) is 2.12. The zero-order valence-electron chi connectivity index (χ0n) is 14.7. The van der Waals surface area contributed by atoms with Gasteiger partial charge in [0.2, 0.25) is 0 Å². The molecule has 1 N–H and O–H groups in total. The molecule has 2 aromatic rings. The average molecular weight is 327 g/mol. The Balaban J connectivity index is 1.92. The van der Waals surface area contributed by atoms with Crippen molar-refractivity contribution in [1.82, 2.24) is 5.32 Å². The molecule has 0 radical (unpaired) electrons. The number of carbonyl (C=O) groups is 1. The van der Waals surface area contributed by atoms with E-state index in [4.69, 9.17) is 9.47 Å². The summed E-state index contributed by atoms with van der Waals surface area (Å²) >= 11 is 0. The van der Waals surface area contributed by atoms with Crippen LogP contribution in [0.1, 0.15) is 37.8 Å². The molecule has 1 amide bonds. The van der Waals surface area contributed by atoms with Crippen LogP contribution >= 0.6 is 0 Å². The van der Waals surface area contributed by atoms with Gasteiger partial charge < -0.3 is 14.8 Å². The third-order valence-corrected chi connectivity index (χ3v) is 3.84. The molecule has 0 aliphatic carbocycles. The van der Waals surface area contributed by atoms with E-state index in [-0.39, 0.29) is 5.91 Å². The molecule has 4 heteroatoms. The van der Waals surface area contributed by atoms with E-state index in [2.05, 4.69) is 19.2 Å². The molecule has 0 aromatic heterocycles. The molecule has 0 saturated carbocycles. The van der Waals surface area contributed by atoms with Crippen molar-refractivity contribution >= 4 is 5.91 Å². The predicted octanol–water partition coefficient (Wildman–Crippen LogP) is 3.90. The molecule has 24 heavy (non-hydrogen) atoms. The van der Waals surface area contributed by atoms with Crippen LogP contribution in [0, 0.1) is 0 Å². The number of amides is 1. The second-order valence-electron chi connectivity index (χ2n) is 6.02. The van der Waals surface area contributed by atoms with Crippen molar-refractivity contribution in [2.45, 2.75) is 39.3 Å². The maximum atomic E-state index is 12.3. The number of methoxy groups -OCH3 is 1. The third kappa shape index (κ3) is 4.75. The quantitative estimate of drug-likeness (QED) is 0.839. The highest BCUT2D eigenvalue weighted by atomic mass is 16.5. The van der Waals surface area contributed by atoms with Crippen molar-refractivity contribution in [3.63, 3.8) is 0 Å². The fraction of sp³-hybridized carbons (Fsp3) is 0.350. The molecule has 4 nitrogen and oxygen atoms in total. The first-order valence-corrected chi connectivity index (χ1v) is 8.17. The lowest BCUT2D eigenvalue weighted by Gasteiger charge is -2.18. The Kier molecular flexibility index (Phi) is 6.24. The summed E-state index contributed by atoms with van der Waals surface area (Å²) < 4.78 is 11.0. The van der Waals surface area contributed by atoms with Gasteiger partial charge in [-0.05, 0) is 42.2 Å². The first-order chi connectivity index (χ1) is 11.5. The zero-order valence-corrected chi connectivity index (χ0v) is 14.7. The molecule has 0 bridgehead atoms. The number of rotatable bonds is 7. The highest BCUT2D eigenvalue weighted by molar-refractivity contribution is 5.80. The van der Waals surface area contributed by atoms with Crippen molar-refractivity contribution < 1.29 is 14.3 Å². The average Bonchev–Trinajstić information content (AvgIpc) is 2.60. The molecule has 0 saturated heterocycles. The van der Waals surface area contributed by atoms with Gasteiger partial charge in [0, 0.05) is 6.54 Å². The lowest BCUT2D eigenvalue weighted by atomic mass is 10.0. The van der Waals surface area contributed by atoms with E-state index < -0.39 is 6.10 Å². The minimum Gasteiger partial charge on any atom is -0.497 e. The molecule has 1 atom stereocenters. The van der Waals surface area contributed by atoms with Gasteiger partial charge in [0.05, 0.1) is 7.11 Å². The summed E-state index contributed by atoms with van der Waals surface area (Å²) in [5, 5.41) is 2.90. The van der Waals surface area contributed by atoms with E-state index in [0.717, 1.165) is 22.6 Å². The topological polar surface area (TPSA) is 47.6 Å². The number of para-hydroxylation sites is 1. The normalized spacial score (nSPS) is 11.9.